The van der Waals surface area contributed by atoms with Crippen molar-refractivity contribution in [1.82, 2.24) is 15.1 Å². The Morgan fingerprint density at radius 3 is 2.65 bits per heavy atom. The fourth-order valence-corrected chi connectivity index (χ4v) is 3.56. The number of carbonyl (C=O) groups excluding carboxylic acids is 3. The Morgan fingerprint density at radius 2 is 1.96 bits per heavy atom. The van der Waals surface area contributed by atoms with Gasteiger partial charge in [0, 0.05) is 25.2 Å². The molecular weight excluding hydrogens is 330 g/mol. The van der Waals surface area contributed by atoms with Crippen LogP contribution in [-0.2, 0) is 16.1 Å². The van der Waals surface area contributed by atoms with E-state index >= 15 is 0 Å². The third-order valence-corrected chi connectivity index (χ3v) is 5.09. The Kier molecular flexibility index (Phi) is 5.59. The number of fused-ring (bicyclic) bond motifs is 1. The average Bonchev–Trinajstić information content (AvgIpc) is 3.10. The lowest BCUT2D eigenvalue weighted by atomic mass is 10.1. The van der Waals surface area contributed by atoms with Crippen LogP contribution in [0.5, 0.6) is 0 Å². The summed E-state index contributed by atoms with van der Waals surface area (Å²) in [5, 5.41) is 2.92. The van der Waals surface area contributed by atoms with E-state index < -0.39 is 0 Å². The molecule has 0 aliphatic carbocycles. The Labute approximate surface area is 154 Å². The second-order valence-electron chi connectivity index (χ2n) is 7.57. The third-order valence-electron chi connectivity index (χ3n) is 5.09. The molecule has 0 radical (unpaired) electrons. The molecule has 1 aromatic rings. The van der Waals surface area contributed by atoms with Gasteiger partial charge in [0.25, 0.3) is 5.91 Å². The van der Waals surface area contributed by atoms with Crippen molar-refractivity contribution in [2.24, 2.45) is 5.92 Å². The SMILES string of the molecule is CC(C)CCNC(=O)c1ccc(CN2CC(=O)N3CCC[C@@H]3C2=O)cc1. The normalized spacial score (nSPS) is 19.9. The Balaban J connectivity index is 1.58. The van der Waals surface area contributed by atoms with Crippen LogP contribution in [-0.4, -0.2) is 53.2 Å². The van der Waals surface area contributed by atoms with Crippen molar-refractivity contribution >= 4 is 17.7 Å². The van der Waals surface area contributed by atoms with Gasteiger partial charge in [-0.15, -0.1) is 0 Å². The van der Waals surface area contributed by atoms with Crippen LogP contribution in [0.2, 0.25) is 0 Å². The number of hydrogen-bond donors (Lipinski definition) is 1. The highest BCUT2D eigenvalue weighted by atomic mass is 16.2. The zero-order chi connectivity index (χ0) is 18.7. The lowest BCUT2D eigenvalue weighted by Gasteiger charge is -2.36. The summed E-state index contributed by atoms with van der Waals surface area (Å²) in [6, 6.07) is 6.99. The summed E-state index contributed by atoms with van der Waals surface area (Å²) in [5.41, 5.74) is 1.54. The number of carbonyl (C=O) groups is 3. The molecule has 2 aliphatic heterocycles. The van der Waals surface area contributed by atoms with Crippen LogP contribution in [0.25, 0.3) is 0 Å². The van der Waals surface area contributed by atoms with Crippen LogP contribution in [0.3, 0.4) is 0 Å². The summed E-state index contributed by atoms with van der Waals surface area (Å²) in [5.74, 6) is 0.548. The molecule has 0 spiro atoms. The molecule has 1 atom stereocenters. The van der Waals surface area contributed by atoms with E-state index in [-0.39, 0.29) is 30.3 Å². The first-order chi connectivity index (χ1) is 12.5. The monoisotopic (exact) mass is 357 g/mol. The molecule has 6 nitrogen and oxygen atoms in total. The molecule has 2 saturated heterocycles. The van der Waals surface area contributed by atoms with Crippen LogP contribution in [0.15, 0.2) is 24.3 Å². The van der Waals surface area contributed by atoms with E-state index in [1.807, 2.05) is 12.1 Å². The molecule has 26 heavy (non-hydrogen) atoms. The first-order valence-corrected chi connectivity index (χ1v) is 9.41. The van der Waals surface area contributed by atoms with Crippen LogP contribution < -0.4 is 5.32 Å². The van der Waals surface area contributed by atoms with Crippen molar-refractivity contribution in [3.8, 4) is 0 Å². The summed E-state index contributed by atoms with van der Waals surface area (Å²) in [6.45, 7) is 6.16. The van der Waals surface area contributed by atoms with Gasteiger partial charge in [0.1, 0.15) is 12.6 Å². The average molecular weight is 357 g/mol. The molecule has 0 saturated carbocycles. The second-order valence-corrected chi connectivity index (χ2v) is 7.57. The van der Waals surface area contributed by atoms with E-state index in [1.54, 1.807) is 21.9 Å². The maximum Gasteiger partial charge on any atom is 0.251 e. The van der Waals surface area contributed by atoms with E-state index in [2.05, 4.69) is 19.2 Å². The van der Waals surface area contributed by atoms with Crippen LogP contribution >= 0.6 is 0 Å². The molecule has 2 aliphatic rings. The zero-order valence-corrected chi connectivity index (χ0v) is 15.5. The van der Waals surface area contributed by atoms with Gasteiger partial charge < -0.3 is 15.1 Å². The first kappa shape index (κ1) is 18.4. The maximum atomic E-state index is 12.6. The number of nitrogens with one attached hydrogen (secondary N) is 1. The van der Waals surface area contributed by atoms with E-state index in [0.717, 1.165) is 24.8 Å². The van der Waals surface area contributed by atoms with Crippen molar-refractivity contribution < 1.29 is 14.4 Å². The van der Waals surface area contributed by atoms with E-state index in [9.17, 15) is 14.4 Å². The predicted molar refractivity (Wildman–Crippen MR) is 98.4 cm³/mol. The topological polar surface area (TPSA) is 69.7 Å². The summed E-state index contributed by atoms with van der Waals surface area (Å²) in [7, 11) is 0. The number of piperazine rings is 1. The molecule has 2 fully saturated rings. The van der Waals surface area contributed by atoms with Crippen LogP contribution in [0.1, 0.15) is 49.0 Å². The van der Waals surface area contributed by atoms with Gasteiger partial charge in [0.2, 0.25) is 11.8 Å². The molecule has 140 valence electrons. The number of rotatable bonds is 6. The van der Waals surface area contributed by atoms with Gasteiger partial charge in [0.05, 0.1) is 0 Å². The lowest BCUT2D eigenvalue weighted by Crippen LogP contribution is -2.56. The van der Waals surface area contributed by atoms with Crippen molar-refractivity contribution in [2.45, 2.75) is 45.7 Å². The standard InChI is InChI=1S/C20H27N3O3/c1-14(2)9-10-21-19(25)16-7-5-15(6-8-16)12-22-13-18(24)23-11-3-4-17(23)20(22)26/h5-8,14,17H,3-4,9-13H2,1-2H3,(H,21,25)/t17-/m1/s1. The summed E-state index contributed by atoms with van der Waals surface area (Å²) >= 11 is 0. The van der Waals surface area contributed by atoms with Crippen molar-refractivity contribution in [3.05, 3.63) is 35.4 Å². The molecule has 2 heterocycles. The highest BCUT2D eigenvalue weighted by Crippen LogP contribution is 2.24. The van der Waals surface area contributed by atoms with Crippen LogP contribution in [0.4, 0.5) is 0 Å². The molecule has 0 bridgehead atoms. The molecule has 1 N–H and O–H groups in total. The number of amides is 3. The van der Waals surface area contributed by atoms with E-state index in [4.69, 9.17) is 0 Å². The highest BCUT2D eigenvalue weighted by molar-refractivity contribution is 5.95. The van der Waals surface area contributed by atoms with Gasteiger partial charge in [-0.05, 0) is 42.9 Å². The van der Waals surface area contributed by atoms with Crippen molar-refractivity contribution in [2.75, 3.05) is 19.6 Å². The Hall–Kier alpha value is -2.37. The maximum absolute atomic E-state index is 12.6. The van der Waals surface area contributed by atoms with Gasteiger partial charge in [-0.25, -0.2) is 0 Å². The van der Waals surface area contributed by atoms with Crippen molar-refractivity contribution in [1.29, 1.82) is 0 Å². The summed E-state index contributed by atoms with van der Waals surface area (Å²) in [4.78, 5) is 40.2. The molecular formula is C20H27N3O3. The molecule has 6 heteroatoms. The second kappa shape index (κ2) is 7.89. The minimum absolute atomic E-state index is 0.0354. The molecule has 0 unspecified atom stereocenters. The smallest absolute Gasteiger partial charge is 0.251 e. The highest BCUT2D eigenvalue weighted by Gasteiger charge is 2.41. The largest absolute Gasteiger partial charge is 0.352 e. The Bertz CT molecular complexity index is 684. The molecule has 3 rings (SSSR count). The summed E-state index contributed by atoms with van der Waals surface area (Å²) in [6.07, 6.45) is 2.61. The third kappa shape index (κ3) is 4.06. The number of nitrogens with zero attached hydrogens (tertiary/aromatic N) is 2. The summed E-state index contributed by atoms with van der Waals surface area (Å²) < 4.78 is 0. The van der Waals surface area contributed by atoms with Crippen LogP contribution in [0, 0.1) is 5.92 Å². The number of hydrogen-bond acceptors (Lipinski definition) is 3. The fraction of sp³-hybridized carbons (Fsp3) is 0.550. The lowest BCUT2D eigenvalue weighted by molar-refractivity contribution is -0.154. The number of benzene rings is 1. The van der Waals surface area contributed by atoms with Gasteiger partial charge in [0.15, 0.2) is 0 Å². The minimum atomic E-state index is -0.276. The fourth-order valence-electron chi connectivity index (χ4n) is 3.56. The van der Waals surface area contributed by atoms with E-state index in [1.165, 1.54) is 0 Å². The van der Waals surface area contributed by atoms with Gasteiger partial charge in [-0.2, -0.15) is 0 Å². The molecule has 0 aromatic heterocycles. The first-order valence-electron chi connectivity index (χ1n) is 9.41. The minimum Gasteiger partial charge on any atom is -0.352 e. The quantitative estimate of drug-likeness (QED) is 0.844. The zero-order valence-electron chi connectivity index (χ0n) is 15.5. The van der Waals surface area contributed by atoms with E-state index in [0.29, 0.717) is 31.1 Å². The van der Waals surface area contributed by atoms with Gasteiger partial charge in [-0.1, -0.05) is 26.0 Å². The van der Waals surface area contributed by atoms with Gasteiger partial charge in [-0.3, -0.25) is 14.4 Å². The molecule has 3 amide bonds. The Morgan fingerprint density at radius 1 is 1.23 bits per heavy atom. The molecule has 1 aromatic carbocycles. The van der Waals surface area contributed by atoms with Gasteiger partial charge >= 0.3 is 0 Å². The predicted octanol–water partition coefficient (Wildman–Crippen LogP) is 1.80. The van der Waals surface area contributed by atoms with Crippen molar-refractivity contribution in [3.63, 3.8) is 0 Å².